The third kappa shape index (κ3) is 5.00. The van der Waals surface area contributed by atoms with E-state index in [1.165, 1.54) is 35.1 Å². The van der Waals surface area contributed by atoms with Crippen LogP contribution >= 0.6 is 11.3 Å². The molecule has 0 amide bonds. The number of allylic oxidation sites excluding steroid dienone is 1. The number of hydrogen-bond donors (Lipinski definition) is 0. The van der Waals surface area contributed by atoms with Crippen LogP contribution in [-0.2, 0) is 6.42 Å². The van der Waals surface area contributed by atoms with Gasteiger partial charge in [0.05, 0.1) is 32.2 Å². The van der Waals surface area contributed by atoms with Crippen molar-refractivity contribution < 1.29 is 19.0 Å². The van der Waals surface area contributed by atoms with Gasteiger partial charge in [-0.15, -0.1) is 0 Å². The largest absolute Gasteiger partial charge is 0.449 e. The first-order chi connectivity index (χ1) is 21.8. The number of halogens is 1. The van der Waals surface area contributed by atoms with Crippen LogP contribution in [0.2, 0.25) is 0 Å². The van der Waals surface area contributed by atoms with E-state index >= 15 is 0 Å². The lowest BCUT2D eigenvalue weighted by Crippen LogP contribution is -2.38. The van der Waals surface area contributed by atoms with E-state index in [9.17, 15) is 29.4 Å². The average Bonchev–Trinajstić information content (AvgIpc) is 3.35. The van der Waals surface area contributed by atoms with E-state index in [4.69, 9.17) is 9.73 Å². The van der Waals surface area contributed by atoms with Crippen LogP contribution in [0.5, 0.6) is 11.5 Å². The first-order valence-electron chi connectivity index (χ1n) is 13.9. The Morgan fingerprint density at radius 3 is 2.44 bits per heavy atom. The Bertz CT molecular complexity index is 2260. The topological polar surface area (TPSA) is 130 Å². The fourth-order valence-corrected chi connectivity index (χ4v) is 6.76. The molecule has 1 aliphatic heterocycles. The van der Waals surface area contributed by atoms with Crippen LogP contribution in [0.4, 0.5) is 15.8 Å². The number of nitrogens with zero attached hydrogens (tertiary/aromatic N) is 4. The number of nitro groups is 2. The summed E-state index contributed by atoms with van der Waals surface area (Å²) < 4.78 is 21.8. The molecule has 10 nitrogen and oxygen atoms in total. The van der Waals surface area contributed by atoms with Crippen LogP contribution in [0, 0.1) is 26.0 Å². The van der Waals surface area contributed by atoms with E-state index in [2.05, 4.69) is 6.07 Å². The monoisotopic (exact) mass is 620 g/mol. The van der Waals surface area contributed by atoms with Crippen LogP contribution in [-0.4, -0.2) is 14.4 Å². The molecule has 0 bridgehead atoms. The molecule has 4 aromatic carbocycles. The number of thiazole rings is 1. The van der Waals surface area contributed by atoms with Gasteiger partial charge in [-0.2, -0.15) is 0 Å². The van der Waals surface area contributed by atoms with Crippen molar-refractivity contribution in [2.24, 2.45) is 4.99 Å². The lowest BCUT2D eigenvalue weighted by atomic mass is 9.83. The normalized spacial score (nSPS) is 15.5. The first kappa shape index (κ1) is 28.0. The van der Waals surface area contributed by atoms with E-state index in [0.717, 1.165) is 41.0 Å². The van der Waals surface area contributed by atoms with Gasteiger partial charge < -0.3 is 4.74 Å². The number of rotatable bonds is 6. The van der Waals surface area contributed by atoms with E-state index in [1.54, 1.807) is 47.0 Å². The molecular weight excluding hydrogens is 599 g/mol. The molecule has 0 saturated heterocycles. The van der Waals surface area contributed by atoms with Crippen LogP contribution < -0.4 is 19.6 Å². The zero-order valence-electron chi connectivity index (χ0n) is 23.3. The van der Waals surface area contributed by atoms with Gasteiger partial charge in [-0.25, -0.2) is 9.38 Å². The number of ether oxygens (including phenoxy) is 1. The molecule has 2 heterocycles. The quantitative estimate of drug-likeness (QED) is 0.167. The average molecular weight is 621 g/mol. The molecule has 0 fully saturated rings. The Morgan fingerprint density at radius 2 is 1.67 bits per heavy atom. The predicted octanol–water partition coefficient (Wildman–Crippen LogP) is 6.07. The predicted molar refractivity (Wildman–Crippen MR) is 165 cm³/mol. The highest BCUT2D eigenvalue weighted by Gasteiger charge is 2.32. The third-order valence-corrected chi connectivity index (χ3v) is 8.82. The maximum Gasteiger partial charge on any atom is 0.318 e. The van der Waals surface area contributed by atoms with Crippen LogP contribution in [0.3, 0.4) is 0 Å². The maximum absolute atomic E-state index is 14.1. The van der Waals surface area contributed by atoms with E-state index < -0.39 is 27.3 Å². The van der Waals surface area contributed by atoms with E-state index in [1.807, 2.05) is 18.2 Å². The van der Waals surface area contributed by atoms with Crippen molar-refractivity contribution in [1.29, 1.82) is 0 Å². The Labute approximate surface area is 257 Å². The van der Waals surface area contributed by atoms with Gasteiger partial charge in [-0.3, -0.25) is 29.6 Å². The number of fused-ring (bicyclic) bond motifs is 3. The molecule has 2 aliphatic rings. The molecule has 12 heteroatoms. The molecule has 0 N–H and O–H groups in total. The molecule has 0 radical (unpaired) electrons. The number of benzene rings is 4. The smallest absolute Gasteiger partial charge is 0.318 e. The summed E-state index contributed by atoms with van der Waals surface area (Å²) in [7, 11) is 0. The van der Waals surface area contributed by atoms with Gasteiger partial charge in [0, 0.05) is 17.2 Å². The van der Waals surface area contributed by atoms with Gasteiger partial charge in [-0.1, -0.05) is 65.9 Å². The second-order valence-electron chi connectivity index (χ2n) is 10.5. The molecule has 0 spiro atoms. The summed E-state index contributed by atoms with van der Waals surface area (Å²) in [6, 6.07) is 23.5. The highest BCUT2D eigenvalue weighted by Crippen LogP contribution is 2.41. The van der Waals surface area contributed by atoms with Gasteiger partial charge in [0.2, 0.25) is 5.75 Å². The number of nitro benzene ring substituents is 2. The van der Waals surface area contributed by atoms with Gasteiger partial charge in [-0.05, 0) is 59.9 Å². The number of aryl methyl sites for hydroxylation is 1. The summed E-state index contributed by atoms with van der Waals surface area (Å²) in [5, 5.41) is 22.9. The fraction of sp³-hybridized carbons (Fsp3) is 0.0909. The van der Waals surface area contributed by atoms with Gasteiger partial charge >= 0.3 is 5.69 Å². The van der Waals surface area contributed by atoms with Crippen molar-refractivity contribution in [2.75, 3.05) is 0 Å². The fourth-order valence-electron chi connectivity index (χ4n) is 5.77. The summed E-state index contributed by atoms with van der Waals surface area (Å²) in [4.78, 5) is 40.9. The van der Waals surface area contributed by atoms with Crippen LogP contribution in [0.1, 0.15) is 34.7 Å². The Hall–Kier alpha value is -5.75. The number of para-hydroxylation sites is 1. The minimum atomic E-state index is -0.752. The van der Waals surface area contributed by atoms with Crippen molar-refractivity contribution in [3.8, 4) is 11.5 Å². The Morgan fingerprint density at radius 1 is 0.911 bits per heavy atom. The molecular formula is C33H21FN4O6S. The SMILES string of the molecule is O=c1/c(=C/c2ccccc2Oc2ccc([N+](=O)[O-])cc2[N+](=O)[O-])sc2n1[C@@H](c1ccc(F)cc1)C1=C(N=2)c2ccccc2CC1. The molecule has 1 aromatic heterocycles. The van der Waals surface area contributed by atoms with E-state index in [0.29, 0.717) is 21.3 Å². The minimum absolute atomic E-state index is 0.185. The van der Waals surface area contributed by atoms with Gasteiger partial charge in [0.1, 0.15) is 11.6 Å². The zero-order chi connectivity index (χ0) is 31.2. The molecule has 1 aliphatic carbocycles. The van der Waals surface area contributed by atoms with Crippen LogP contribution in [0.15, 0.2) is 106 Å². The van der Waals surface area contributed by atoms with Crippen molar-refractivity contribution in [2.45, 2.75) is 18.9 Å². The van der Waals surface area contributed by atoms with E-state index in [-0.39, 0.29) is 22.9 Å². The number of aromatic nitrogens is 1. The lowest BCUT2D eigenvalue weighted by Gasteiger charge is -2.30. The Balaban J connectivity index is 1.37. The highest BCUT2D eigenvalue weighted by molar-refractivity contribution is 7.07. The van der Waals surface area contributed by atoms with Crippen molar-refractivity contribution in [1.82, 2.24) is 4.57 Å². The number of hydrogen-bond acceptors (Lipinski definition) is 8. The number of non-ortho nitro benzene ring substituents is 1. The summed E-state index contributed by atoms with van der Waals surface area (Å²) in [5.41, 5.74) is 3.89. The third-order valence-electron chi connectivity index (χ3n) is 7.83. The molecule has 1 atom stereocenters. The molecule has 0 unspecified atom stereocenters. The van der Waals surface area contributed by atoms with Gasteiger partial charge in [0.25, 0.3) is 11.2 Å². The Kier molecular flexibility index (Phi) is 6.90. The summed E-state index contributed by atoms with van der Waals surface area (Å²) >= 11 is 1.20. The van der Waals surface area contributed by atoms with Crippen LogP contribution in [0.25, 0.3) is 11.8 Å². The molecule has 7 rings (SSSR count). The summed E-state index contributed by atoms with van der Waals surface area (Å²) in [6.07, 6.45) is 3.10. The zero-order valence-corrected chi connectivity index (χ0v) is 24.1. The van der Waals surface area contributed by atoms with Crippen molar-refractivity contribution in [3.63, 3.8) is 0 Å². The lowest BCUT2D eigenvalue weighted by molar-refractivity contribution is -0.394. The molecule has 5 aromatic rings. The maximum atomic E-state index is 14.1. The first-order valence-corrected chi connectivity index (χ1v) is 14.7. The highest BCUT2D eigenvalue weighted by atomic mass is 32.1. The molecule has 222 valence electrons. The minimum Gasteiger partial charge on any atom is -0.449 e. The standard InChI is InChI=1S/C33H21FN4O6S/c34-22-12-9-20(10-13-22)31-25-15-11-19-5-1-3-7-24(19)30(25)35-33-36(31)32(39)29(45-33)17-21-6-2-4-8-27(21)44-28-16-14-23(37(40)41)18-26(28)38(42)43/h1-10,12-14,16-18,31H,11,15H2/b29-17-/t31-/m0/s1. The van der Waals surface area contributed by atoms with Gasteiger partial charge in [0.15, 0.2) is 4.80 Å². The second-order valence-corrected chi connectivity index (χ2v) is 11.5. The van der Waals surface area contributed by atoms with Crippen molar-refractivity contribution >= 4 is 34.5 Å². The molecule has 0 saturated carbocycles. The molecule has 45 heavy (non-hydrogen) atoms. The summed E-state index contributed by atoms with van der Waals surface area (Å²) in [6.45, 7) is 0. The second kappa shape index (κ2) is 11.1. The van der Waals surface area contributed by atoms with Crippen molar-refractivity contribution in [3.05, 3.63) is 165 Å². The summed E-state index contributed by atoms with van der Waals surface area (Å²) in [5.74, 6) is -0.349.